The standard InChI is InChI=1S/C28H25Cl2N3O5S2/c1-19-3-11-24(12-4-19)33(40(37,38)26-13-6-21(29)7-14-26)18-28(34)31-22-9-15-25(16-10-22)39(35,36)32-23-8-5-20(2)27(30)17-23/h3-17,32H,18H2,1-2H3,(H,31,34). The molecule has 0 heterocycles. The highest BCUT2D eigenvalue weighted by molar-refractivity contribution is 7.93. The van der Waals surface area contributed by atoms with E-state index < -0.39 is 32.5 Å². The van der Waals surface area contributed by atoms with Crippen LogP contribution >= 0.6 is 23.2 Å². The molecule has 208 valence electrons. The molecule has 0 bridgehead atoms. The van der Waals surface area contributed by atoms with Gasteiger partial charge in [-0.15, -0.1) is 0 Å². The van der Waals surface area contributed by atoms with Crippen molar-refractivity contribution in [1.29, 1.82) is 0 Å². The van der Waals surface area contributed by atoms with Crippen molar-refractivity contribution in [3.05, 3.63) is 112 Å². The lowest BCUT2D eigenvalue weighted by Crippen LogP contribution is -2.38. The number of aryl methyl sites for hydroxylation is 2. The summed E-state index contributed by atoms with van der Waals surface area (Å²) in [4.78, 5) is 12.9. The van der Waals surface area contributed by atoms with Crippen LogP contribution < -0.4 is 14.3 Å². The number of anilines is 3. The minimum absolute atomic E-state index is 0.0257. The van der Waals surface area contributed by atoms with Crippen molar-refractivity contribution in [3.63, 3.8) is 0 Å². The highest BCUT2D eigenvalue weighted by Gasteiger charge is 2.27. The molecule has 0 aliphatic rings. The summed E-state index contributed by atoms with van der Waals surface area (Å²) in [6.45, 7) is 3.15. The van der Waals surface area contributed by atoms with Gasteiger partial charge in [0.25, 0.3) is 20.0 Å². The first-order valence-electron chi connectivity index (χ1n) is 11.9. The Kier molecular flexibility index (Phi) is 8.74. The van der Waals surface area contributed by atoms with Gasteiger partial charge >= 0.3 is 0 Å². The maximum Gasteiger partial charge on any atom is 0.264 e. The molecular formula is C28H25Cl2N3O5S2. The number of carbonyl (C=O) groups is 1. The van der Waals surface area contributed by atoms with Crippen LogP contribution in [0.25, 0.3) is 0 Å². The third-order valence-electron chi connectivity index (χ3n) is 5.88. The van der Waals surface area contributed by atoms with Crippen molar-refractivity contribution in [3.8, 4) is 0 Å². The molecule has 0 spiro atoms. The third kappa shape index (κ3) is 6.95. The van der Waals surface area contributed by atoms with Gasteiger partial charge in [0.1, 0.15) is 6.54 Å². The monoisotopic (exact) mass is 617 g/mol. The summed E-state index contributed by atoms with van der Waals surface area (Å²) >= 11 is 12.0. The molecule has 0 radical (unpaired) electrons. The zero-order valence-corrected chi connectivity index (χ0v) is 24.6. The summed E-state index contributed by atoms with van der Waals surface area (Å²) in [6.07, 6.45) is 0. The molecule has 0 atom stereocenters. The number of nitrogens with one attached hydrogen (secondary N) is 2. The minimum Gasteiger partial charge on any atom is -0.325 e. The van der Waals surface area contributed by atoms with E-state index in [9.17, 15) is 21.6 Å². The second-order valence-corrected chi connectivity index (χ2v) is 13.3. The second-order valence-electron chi connectivity index (χ2n) is 8.94. The number of benzene rings is 4. The lowest BCUT2D eigenvalue weighted by Gasteiger charge is -2.24. The fourth-order valence-electron chi connectivity index (χ4n) is 3.68. The van der Waals surface area contributed by atoms with Gasteiger partial charge in [0.2, 0.25) is 5.91 Å². The normalized spacial score (nSPS) is 11.6. The first-order valence-corrected chi connectivity index (χ1v) is 15.6. The summed E-state index contributed by atoms with van der Waals surface area (Å²) in [5, 5.41) is 3.43. The molecule has 0 saturated carbocycles. The molecule has 4 aromatic carbocycles. The number of carbonyl (C=O) groups excluding carboxylic acids is 1. The van der Waals surface area contributed by atoms with Crippen molar-refractivity contribution >= 4 is 66.2 Å². The van der Waals surface area contributed by atoms with E-state index in [1.807, 2.05) is 6.92 Å². The van der Waals surface area contributed by atoms with E-state index in [4.69, 9.17) is 23.2 Å². The van der Waals surface area contributed by atoms with Gasteiger partial charge in [-0.3, -0.25) is 13.8 Å². The number of halogens is 2. The zero-order valence-electron chi connectivity index (χ0n) is 21.4. The van der Waals surface area contributed by atoms with E-state index in [0.29, 0.717) is 21.4 Å². The predicted molar refractivity (Wildman–Crippen MR) is 159 cm³/mol. The van der Waals surface area contributed by atoms with Crippen LogP contribution in [0.1, 0.15) is 11.1 Å². The van der Waals surface area contributed by atoms with Crippen LogP contribution in [0, 0.1) is 13.8 Å². The van der Waals surface area contributed by atoms with E-state index in [1.165, 1.54) is 54.6 Å². The largest absolute Gasteiger partial charge is 0.325 e. The molecule has 0 saturated heterocycles. The predicted octanol–water partition coefficient (Wildman–Crippen LogP) is 6.25. The molecular weight excluding hydrogens is 593 g/mol. The average Bonchev–Trinajstić information content (AvgIpc) is 2.90. The minimum atomic E-state index is -4.12. The first-order chi connectivity index (χ1) is 18.8. The van der Waals surface area contributed by atoms with Gasteiger partial charge in [0.05, 0.1) is 21.2 Å². The van der Waals surface area contributed by atoms with Crippen molar-refractivity contribution in [1.82, 2.24) is 0 Å². The van der Waals surface area contributed by atoms with Crippen LogP contribution in [-0.2, 0) is 24.8 Å². The number of sulfonamides is 2. The van der Waals surface area contributed by atoms with Crippen LogP contribution in [-0.4, -0.2) is 29.3 Å². The van der Waals surface area contributed by atoms with Gasteiger partial charge in [-0.1, -0.05) is 47.0 Å². The Morgan fingerprint density at radius 2 is 1.32 bits per heavy atom. The highest BCUT2D eigenvalue weighted by atomic mass is 35.5. The number of amides is 1. The third-order valence-corrected chi connectivity index (χ3v) is 9.73. The van der Waals surface area contributed by atoms with E-state index in [1.54, 1.807) is 43.3 Å². The average molecular weight is 619 g/mol. The Labute approximate surface area is 243 Å². The molecule has 4 rings (SSSR count). The highest BCUT2D eigenvalue weighted by Crippen LogP contribution is 2.26. The lowest BCUT2D eigenvalue weighted by atomic mass is 10.2. The number of rotatable bonds is 9. The van der Waals surface area contributed by atoms with Crippen LogP contribution in [0.5, 0.6) is 0 Å². The molecule has 12 heteroatoms. The van der Waals surface area contributed by atoms with E-state index in [-0.39, 0.29) is 15.5 Å². The van der Waals surface area contributed by atoms with Crippen LogP contribution in [0.15, 0.2) is 101 Å². The molecule has 0 unspecified atom stereocenters. The molecule has 8 nitrogen and oxygen atoms in total. The summed E-state index contributed by atoms with van der Waals surface area (Å²) < 4.78 is 56.0. The number of hydrogen-bond acceptors (Lipinski definition) is 5. The van der Waals surface area contributed by atoms with Gasteiger partial charge in [-0.05, 0) is 92.2 Å². The van der Waals surface area contributed by atoms with Crippen LogP contribution in [0.2, 0.25) is 10.0 Å². The molecule has 40 heavy (non-hydrogen) atoms. The van der Waals surface area contributed by atoms with Gasteiger partial charge in [-0.2, -0.15) is 0 Å². The fourth-order valence-corrected chi connectivity index (χ4v) is 6.46. The van der Waals surface area contributed by atoms with Crippen molar-refractivity contribution in [2.75, 3.05) is 20.9 Å². The molecule has 0 aromatic heterocycles. The van der Waals surface area contributed by atoms with Crippen LogP contribution in [0.4, 0.5) is 17.1 Å². The summed E-state index contributed by atoms with van der Waals surface area (Å²) in [5.74, 6) is -0.624. The fraction of sp³-hybridized carbons (Fsp3) is 0.107. The Bertz CT molecular complexity index is 1740. The van der Waals surface area contributed by atoms with Crippen molar-refractivity contribution in [2.45, 2.75) is 23.6 Å². The molecule has 0 aliphatic carbocycles. The van der Waals surface area contributed by atoms with E-state index >= 15 is 0 Å². The van der Waals surface area contributed by atoms with Gasteiger partial charge in [0, 0.05) is 15.7 Å². The van der Waals surface area contributed by atoms with Crippen LogP contribution in [0.3, 0.4) is 0 Å². The maximum absolute atomic E-state index is 13.5. The maximum atomic E-state index is 13.5. The van der Waals surface area contributed by atoms with Gasteiger partial charge < -0.3 is 5.32 Å². The van der Waals surface area contributed by atoms with Crippen molar-refractivity contribution in [2.24, 2.45) is 0 Å². The second kappa shape index (κ2) is 11.9. The van der Waals surface area contributed by atoms with Crippen molar-refractivity contribution < 1.29 is 21.6 Å². The molecule has 1 amide bonds. The Balaban J connectivity index is 1.52. The number of nitrogens with zero attached hydrogens (tertiary/aromatic N) is 1. The topological polar surface area (TPSA) is 113 Å². The summed E-state index contributed by atoms with van der Waals surface area (Å²) in [7, 11) is -8.03. The molecule has 4 aromatic rings. The molecule has 0 fully saturated rings. The zero-order chi connectivity index (χ0) is 29.1. The smallest absolute Gasteiger partial charge is 0.264 e. The number of hydrogen-bond donors (Lipinski definition) is 2. The first kappa shape index (κ1) is 29.4. The summed E-state index contributed by atoms with van der Waals surface area (Å²) in [5.41, 5.74) is 2.64. The summed E-state index contributed by atoms with van der Waals surface area (Å²) in [6, 6.07) is 22.7. The SMILES string of the molecule is Cc1ccc(N(CC(=O)Nc2ccc(S(=O)(=O)Nc3ccc(C)c(Cl)c3)cc2)S(=O)(=O)c2ccc(Cl)cc2)cc1. The van der Waals surface area contributed by atoms with Gasteiger partial charge in [0.15, 0.2) is 0 Å². The lowest BCUT2D eigenvalue weighted by molar-refractivity contribution is -0.114. The molecule has 0 aliphatic heterocycles. The van der Waals surface area contributed by atoms with Gasteiger partial charge in [-0.25, -0.2) is 16.8 Å². The Hall–Kier alpha value is -3.57. The van der Waals surface area contributed by atoms with E-state index in [0.717, 1.165) is 15.4 Å². The molecule has 2 N–H and O–H groups in total. The Morgan fingerprint density at radius 1 is 0.750 bits per heavy atom. The van der Waals surface area contributed by atoms with E-state index in [2.05, 4.69) is 10.0 Å². The Morgan fingerprint density at radius 3 is 1.93 bits per heavy atom. The quantitative estimate of drug-likeness (QED) is 0.231.